The molecule has 0 saturated carbocycles. The predicted octanol–water partition coefficient (Wildman–Crippen LogP) is 3.91. The van der Waals surface area contributed by atoms with E-state index < -0.39 is 5.82 Å². The lowest BCUT2D eigenvalue weighted by Gasteiger charge is -2.12. The van der Waals surface area contributed by atoms with Crippen molar-refractivity contribution in [2.24, 2.45) is 5.73 Å². The largest absolute Gasteiger partial charge is 0.456 e. The van der Waals surface area contributed by atoms with Gasteiger partial charge in [-0.1, -0.05) is 11.6 Å². The van der Waals surface area contributed by atoms with E-state index in [4.69, 9.17) is 22.1 Å². The zero-order chi connectivity index (χ0) is 13.8. The van der Waals surface area contributed by atoms with E-state index in [1.807, 2.05) is 0 Å². The van der Waals surface area contributed by atoms with Crippen LogP contribution < -0.4 is 10.5 Å². The van der Waals surface area contributed by atoms with Crippen molar-refractivity contribution >= 4 is 11.6 Å². The van der Waals surface area contributed by atoms with E-state index in [0.717, 1.165) is 6.07 Å². The lowest BCUT2D eigenvalue weighted by atomic mass is 10.1. The summed E-state index contributed by atoms with van der Waals surface area (Å²) in [5.74, 6) is -0.0343. The molecule has 0 fully saturated rings. The van der Waals surface area contributed by atoms with Gasteiger partial charge >= 0.3 is 0 Å². The molecule has 0 aromatic heterocycles. The average molecular weight is 284 g/mol. The molecule has 0 aliphatic rings. The van der Waals surface area contributed by atoms with Crippen molar-refractivity contribution in [3.63, 3.8) is 0 Å². The number of nitrogens with two attached hydrogens (primary N) is 1. The molecule has 5 heteroatoms. The summed E-state index contributed by atoms with van der Waals surface area (Å²) in [5.41, 5.74) is 6.11. The molecule has 0 heterocycles. The molecule has 0 unspecified atom stereocenters. The Morgan fingerprint density at radius 1 is 1.00 bits per heavy atom. The Morgan fingerprint density at radius 3 is 2.26 bits per heavy atom. The Hall–Kier alpha value is -1.65. The van der Waals surface area contributed by atoms with Crippen molar-refractivity contribution in [2.75, 3.05) is 6.54 Å². The van der Waals surface area contributed by atoms with Gasteiger partial charge in [-0.2, -0.15) is 0 Å². The molecule has 2 rings (SSSR count). The molecule has 0 saturated heterocycles. The van der Waals surface area contributed by atoms with Gasteiger partial charge in [0.05, 0.1) is 5.02 Å². The zero-order valence-electron chi connectivity index (χ0n) is 10.00. The van der Waals surface area contributed by atoms with E-state index in [1.165, 1.54) is 30.3 Å². The highest BCUT2D eigenvalue weighted by molar-refractivity contribution is 6.32. The molecule has 0 radical (unpaired) electrons. The molecule has 0 spiro atoms. The quantitative estimate of drug-likeness (QED) is 0.923. The van der Waals surface area contributed by atoms with Gasteiger partial charge in [0.1, 0.15) is 23.1 Å². The van der Waals surface area contributed by atoms with Gasteiger partial charge in [0.25, 0.3) is 0 Å². The fourth-order valence-electron chi connectivity index (χ4n) is 1.67. The Morgan fingerprint density at radius 2 is 1.63 bits per heavy atom. The van der Waals surface area contributed by atoms with Crippen molar-refractivity contribution in [2.45, 2.75) is 6.42 Å². The van der Waals surface area contributed by atoms with E-state index in [9.17, 15) is 8.78 Å². The fraction of sp³-hybridized carbons (Fsp3) is 0.143. The Balaban J connectivity index is 2.32. The molecule has 0 bridgehead atoms. The van der Waals surface area contributed by atoms with Crippen LogP contribution in [0.2, 0.25) is 5.02 Å². The number of rotatable bonds is 4. The van der Waals surface area contributed by atoms with Gasteiger partial charge in [-0.25, -0.2) is 8.78 Å². The van der Waals surface area contributed by atoms with E-state index in [-0.39, 0.29) is 10.8 Å². The molecule has 2 aromatic carbocycles. The van der Waals surface area contributed by atoms with Gasteiger partial charge in [0, 0.05) is 0 Å². The van der Waals surface area contributed by atoms with Crippen LogP contribution in [0.15, 0.2) is 36.4 Å². The average Bonchev–Trinajstić information content (AvgIpc) is 2.36. The standard InChI is InChI=1S/C14H12ClF2NO/c15-12-8-11(17)2-4-14(12)19-13-3-1-10(16)7-9(13)5-6-18/h1-4,7-8H,5-6,18H2. The highest BCUT2D eigenvalue weighted by atomic mass is 35.5. The first-order chi connectivity index (χ1) is 9.10. The van der Waals surface area contributed by atoms with Crippen molar-refractivity contribution in [1.29, 1.82) is 0 Å². The number of hydrogen-bond acceptors (Lipinski definition) is 2. The number of ether oxygens (including phenoxy) is 1. The molecule has 19 heavy (non-hydrogen) atoms. The van der Waals surface area contributed by atoms with E-state index in [1.54, 1.807) is 0 Å². The van der Waals surface area contributed by atoms with Crippen LogP contribution in [-0.2, 0) is 6.42 Å². The Bertz CT molecular complexity index is 590. The summed E-state index contributed by atoms with van der Waals surface area (Å²) >= 11 is 5.88. The molecule has 2 nitrogen and oxygen atoms in total. The van der Waals surface area contributed by atoms with Gasteiger partial charge in [-0.05, 0) is 54.9 Å². The number of hydrogen-bond donors (Lipinski definition) is 1. The maximum atomic E-state index is 13.2. The van der Waals surface area contributed by atoms with E-state index in [2.05, 4.69) is 0 Å². The second-order valence-electron chi connectivity index (χ2n) is 3.97. The lowest BCUT2D eigenvalue weighted by Crippen LogP contribution is -2.04. The van der Waals surface area contributed by atoms with Crippen molar-refractivity contribution < 1.29 is 13.5 Å². The maximum absolute atomic E-state index is 13.2. The third kappa shape index (κ3) is 3.43. The maximum Gasteiger partial charge on any atom is 0.146 e. The van der Waals surface area contributed by atoms with Crippen LogP contribution in [0.3, 0.4) is 0 Å². The topological polar surface area (TPSA) is 35.2 Å². The molecule has 100 valence electrons. The summed E-state index contributed by atoms with van der Waals surface area (Å²) in [6.45, 7) is 0.372. The van der Waals surface area contributed by atoms with Crippen LogP contribution in [0.5, 0.6) is 11.5 Å². The van der Waals surface area contributed by atoms with Gasteiger partial charge in [-0.15, -0.1) is 0 Å². The summed E-state index contributed by atoms with van der Waals surface area (Å²) in [7, 11) is 0. The minimum atomic E-state index is -0.446. The molecule has 2 aromatic rings. The van der Waals surface area contributed by atoms with Gasteiger partial charge in [-0.3, -0.25) is 0 Å². The molecule has 0 amide bonds. The normalized spacial score (nSPS) is 10.5. The molecule has 0 aliphatic carbocycles. The van der Waals surface area contributed by atoms with Crippen LogP contribution in [0.1, 0.15) is 5.56 Å². The van der Waals surface area contributed by atoms with Crippen LogP contribution in [0, 0.1) is 11.6 Å². The minimum Gasteiger partial charge on any atom is -0.456 e. The molecular formula is C14H12ClF2NO. The van der Waals surface area contributed by atoms with E-state index >= 15 is 0 Å². The minimum absolute atomic E-state index is 0.156. The molecule has 0 aliphatic heterocycles. The van der Waals surface area contributed by atoms with Crippen LogP contribution in [0.25, 0.3) is 0 Å². The highest BCUT2D eigenvalue weighted by Crippen LogP contribution is 2.32. The summed E-state index contributed by atoms with van der Waals surface area (Å²) in [5, 5.41) is 0.156. The van der Waals surface area contributed by atoms with Crippen LogP contribution in [-0.4, -0.2) is 6.54 Å². The summed E-state index contributed by atoms with van der Waals surface area (Å²) in [4.78, 5) is 0. The summed E-state index contributed by atoms with van der Waals surface area (Å²) < 4.78 is 31.7. The van der Waals surface area contributed by atoms with Crippen molar-refractivity contribution in [3.8, 4) is 11.5 Å². The van der Waals surface area contributed by atoms with E-state index in [0.29, 0.717) is 30.0 Å². The molecule has 0 atom stereocenters. The summed E-state index contributed by atoms with van der Waals surface area (Å²) in [6, 6.07) is 7.97. The smallest absolute Gasteiger partial charge is 0.146 e. The van der Waals surface area contributed by atoms with Crippen molar-refractivity contribution in [1.82, 2.24) is 0 Å². The number of halogens is 3. The van der Waals surface area contributed by atoms with Gasteiger partial charge in [0.2, 0.25) is 0 Å². The third-order valence-corrected chi connectivity index (χ3v) is 2.85. The first-order valence-corrected chi connectivity index (χ1v) is 6.09. The van der Waals surface area contributed by atoms with Crippen molar-refractivity contribution in [3.05, 3.63) is 58.6 Å². The van der Waals surface area contributed by atoms with Gasteiger partial charge in [0.15, 0.2) is 0 Å². The van der Waals surface area contributed by atoms with Crippen LogP contribution >= 0.6 is 11.6 Å². The monoisotopic (exact) mass is 283 g/mol. The predicted molar refractivity (Wildman–Crippen MR) is 70.6 cm³/mol. The first kappa shape index (κ1) is 13.8. The third-order valence-electron chi connectivity index (χ3n) is 2.55. The molecule has 2 N–H and O–H groups in total. The van der Waals surface area contributed by atoms with Gasteiger partial charge < -0.3 is 10.5 Å². The highest BCUT2D eigenvalue weighted by Gasteiger charge is 2.09. The molecular weight excluding hydrogens is 272 g/mol. The second kappa shape index (κ2) is 5.99. The number of benzene rings is 2. The summed E-state index contributed by atoms with van der Waals surface area (Å²) in [6.07, 6.45) is 0.478. The Kier molecular flexibility index (Phi) is 4.35. The SMILES string of the molecule is NCCc1cc(F)ccc1Oc1ccc(F)cc1Cl. The lowest BCUT2D eigenvalue weighted by molar-refractivity contribution is 0.472. The zero-order valence-corrected chi connectivity index (χ0v) is 10.8. The Labute approximate surface area is 114 Å². The van der Waals surface area contributed by atoms with Crippen LogP contribution in [0.4, 0.5) is 8.78 Å². The fourth-order valence-corrected chi connectivity index (χ4v) is 1.88. The second-order valence-corrected chi connectivity index (χ2v) is 4.37. The first-order valence-electron chi connectivity index (χ1n) is 5.71.